The molecule has 0 amide bonds. The zero-order chi connectivity index (χ0) is 12.8. The van der Waals surface area contributed by atoms with Crippen molar-refractivity contribution in [3.05, 3.63) is 0 Å². The summed E-state index contributed by atoms with van der Waals surface area (Å²) in [6, 6.07) is 0. The average Bonchev–Trinajstić information content (AvgIpc) is 2.22. The van der Waals surface area contributed by atoms with Gasteiger partial charge in [0.05, 0.1) is 6.10 Å². The quantitative estimate of drug-likeness (QED) is 0.668. The van der Waals surface area contributed by atoms with E-state index in [0.717, 1.165) is 0 Å². The van der Waals surface area contributed by atoms with Gasteiger partial charge in [0.25, 0.3) is 0 Å². The number of carbonyl (C=O) groups excluding carboxylic acids is 1. The fourth-order valence-corrected chi connectivity index (χ4v) is 1.13. The summed E-state index contributed by atoms with van der Waals surface area (Å²) in [5.74, 6) is -5.05. The van der Waals surface area contributed by atoms with Crippen molar-refractivity contribution in [1.29, 1.82) is 0 Å². The van der Waals surface area contributed by atoms with Gasteiger partial charge in [-0.05, 0) is 13.3 Å². The molecule has 0 heterocycles. The molecule has 16 heavy (non-hydrogen) atoms. The number of hydrogen-bond acceptors (Lipinski definition) is 4. The lowest BCUT2D eigenvalue weighted by Gasteiger charge is -2.16. The molecular formula is C8H15F2O5P. The minimum atomic E-state index is -3.55. The molecule has 0 aliphatic rings. The maximum Gasteiger partial charge on any atom is 0.317 e. The molecule has 5 nitrogen and oxygen atoms in total. The second-order valence-electron chi connectivity index (χ2n) is 3.27. The number of alkyl halides is 2. The van der Waals surface area contributed by atoms with E-state index in [1.807, 2.05) is 0 Å². The van der Waals surface area contributed by atoms with Crippen molar-refractivity contribution < 1.29 is 32.3 Å². The highest BCUT2D eigenvalue weighted by atomic mass is 31.1. The minimum absolute atomic E-state index is 0.0174. The van der Waals surface area contributed by atoms with Gasteiger partial charge in [0.15, 0.2) is 0 Å². The van der Waals surface area contributed by atoms with Crippen LogP contribution >= 0.6 is 8.25 Å². The molecule has 0 rings (SSSR count). The van der Waals surface area contributed by atoms with Crippen molar-refractivity contribution >= 4 is 14.0 Å². The molecule has 0 spiro atoms. The number of ether oxygens (including phenoxy) is 1. The summed E-state index contributed by atoms with van der Waals surface area (Å²) in [6.07, 6.45) is -1.03. The van der Waals surface area contributed by atoms with Crippen molar-refractivity contribution in [2.75, 3.05) is 13.7 Å². The van der Waals surface area contributed by atoms with Crippen LogP contribution in [0.4, 0.5) is 8.78 Å². The highest BCUT2D eigenvalue weighted by molar-refractivity contribution is 7.32. The van der Waals surface area contributed by atoms with Gasteiger partial charge in [-0.1, -0.05) is 0 Å². The number of hydrogen-bond donors (Lipinski definition) is 1. The second kappa shape index (κ2) is 7.06. The van der Waals surface area contributed by atoms with Crippen molar-refractivity contribution in [1.82, 2.24) is 0 Å². The van der Waals surface area contributed by atoms with E-state index in [9.17, 15) is 18.1 Å². The SMILES string of the molecule is COC(C)CCC(F)(F)C(=O)CO[PH](=O)O. The summed E-state index contributed by atoms with van der Waals surface area (Å²) in [5, 5.41) is 0. The standard InChI is InChI=1S/C8H15F2O5P/c1-6(14-2)3-4-8(9,10)7(11)5-15-16(12)13/h6,16H,3-5H2,1-2H3,(H,12,13). The Morgan fingerprint density at radius 1 is 1.56 bits per heavy atom. The second-order valence-corrected chi connectivity index (χ2v) is 4.09. The highest BCUT2D eigenvalue weighted by Gasteiger charge is 2.38. The molecule has 0 fully saturated rings. The van der Waals surface area contributed by atoms with Crippen LogP contribution in [0.2, 0.25) is 0 Å². The molecule has 0 saturated carbocycles. The molecule has 96 valence electrons. The number of rotatable bonds is 8. The molecule has 8 heteroatoms. The van der Waals surface area contributed by atoms with E-state index in [1.165, 1.54) is 7.11 Å². The maximum absolute atomic E-state index is 13.1. The topological polar surface area (TPSA) is 72.8 Å². The molecule has 2 unspecified atom stereocenters. The third kappa shape index (κ3) is 6.27. The van der Waals surface area contributed by atoms with Gasteiger partial charge in [0, 0.05) is 13.5 Å². The third-order valence-electron chi connectivity index (χ3n) is 2.00. The molecule has 0 bridgehead atoms. The average molecular weight is 260 g/mol. The molecule has 0 aliphatic carbocycles. The predicted octanol–water partition coefficient (Wildman–Crippen LogP) is 1.40. The summed E-state index contributed by atoms with van der Waals surface area (Å²) in [5.41, 5.74) is 0. The minimum Gasteiger partial charge on any atom is -0.382 e. The predicted molar refractivity (Wildman–Crippen MR) is 52.8 cm³/mol. The van der Waals surface area contributed by atoms with Crippen molar-refractivity contribution in [3.8, 4) is 0 Å². The molecule has 2 atom stereocenters. The lowest BCUT2D eigenvalue weighted by molar-refractivity contribution is -0.147. The van der Waals surface area contributed by atoms with Gasteiger partial charge in [-0.2, -0.15) is 8.78 Å². The maximum atomic E-state index is 13.1. The van der Waals surface area contributed by atoms with Crippen LogP contribution < -0.4 is 0 Å². The van der Waals surface area contributed by atoms with E-state index in [-0.39, 0.29) is 12.5 Å². The first kappa shape index (κ1) is 15.6. The van der Waals surface area contributed by atoms with Gasteiger partial charge in [-0.15, -0.1) is 0 Å². The molecule has 0 radical (unpaired) electrons. The van der Waals surface area contributed by atoms with Crippen LogP contribution in [-0.2, 0) is 18.6 Å². The Balaban J connectivity index is 4.09. The van der Waals surface area contributed by atoms with Gasteiger partial charge in [0.2, 0.25) is 5.78 Å². The Morgan fingerprint density at radius 2 is 2.12 bits per heavy atom. The first-order valence-corrected chi connectivity index (χ1v) is 5.85. The Hall–Kier alpha value is -0.360. The van der Waals surface area contributed by atoms with Crippen LogP contribution in [0.15, 0.2) is 0 Å². The van der Waals surface area contributed by atoms with Gasteiger partial charge in [-0.25, -0.2) is 0 Å². The molecule has 0 aliphatic heterocycles. The molecule has 0 aromatic rings. The molecule has 0 saturated heterocycles. The fourth-order valence-electron chi connectivity index (χ4n) is 0.875. The monoisotopic (exact) mass is 260 g/mol. The molecule has 0 aromatic heterocycles. The first-order valence-electron chi connectivity index (χ1n) is 4.59. The summed E-state index contributed by atoms with van der Waals surface area (Å²) in [6.45, 7) is 0.548. The van der Waals surface area contributed by atoms with Crippen LogP contribution in [0, 0.1) is 0 Å². The zero-order valence-corrected chi connectivity index (χ0v) is 10.0. The van der Waals surface area contributed by atoms with Crippen LogP contribution in [0.1, 0.15) is 19.8 Å². The van der Waals surface area contributed by atoms with Crippen LogP contribution in [0.25, 0.3) is 0 Å². The smallest absolute Gasteiger partial charge is 0.317 e. The molecule has 0 aromatic carbocycles. The van der Waals surface area contributed by atoms with E-state index in [4.69, 9.17) is 9.63 Å². The van der Waals surface area contributed by atoms with Gasteiger partial charge >= 0.3 is 14.2 Å². The molecule has 1 N–H and O–H groups in total. The van der Waals surface area contributed by atoms with E-state index in [2.05, 4.69) is 4.52 Å². The van der Waals surface area contributed by atoms with Crippen molar-refractivity contribution in [2.24, 2.45) is 0 Å². The highest BCUT2D eigenvalue weighted by Crippen LogP contribution is 2.25. The van der Waals surface area contributed by atoms with Gasteiger partial charge < -0.3 is 14.2 Å². The summed E-state index contributed by atoms with van der Waals surface area (Å²) < 4.78 is 45.0. The van der Waals surface area contributed by atoms with Crippen molar-refractivity contribution in [3.63, 3.8) is 0 Å². The van der Waals surface area contributed by atoms with Crippen LogP contribution in [-0.4, -0.2) is 36.4 Å². The Morgan fingerprint density at radius 3 is 2.56 bits per heavy atom. The van der Waals surface area contributed by atoms with Gasteiger partial charge in [0.1, 0.15) is 6.61 Å². The Kier molecular flexibility index (Phi) is 6.90. The number of carbonyl (C=O) groups is 1. The third-order valence-corrected chi connectivity index (χ3v) is 2.39. The van der Waals surface area contributed by atoms with Crippen LogP contribution in [0.3, 0.4) is 0 Å². The zero-order valence-electron chi connectivity index (χ0n) is 9.03. The Labute approximate surface area is 92.7 Å². The number of halogens is 2. The van der Waals surface area contributed by atoms with E-state index < -0.39 is 33.0 Å². The normalized spacial score (nSPS) is 15.8. The lowest BCUT2D eigenvalue weighted by Crippen LogP contribution is -2.32. The Bertz CT molecular complexity index is 259. The van der Waals surface area contributed by atoms with E-state index in [0.29, 0.717) is 0 Å². The van der Waals surface area contributed by atoms with E-state index in [1.54, 1.807) is 6.92 Å². The first-order chi connectivity index (χ1) is 7.29. The summed E-state index contributed by atoms with van der Waals surface area (Å²) >= 11 is 0. The van der Waals surface area contributed by atoms with Crippen molar-refractivity contribution in [2.45, 2.75) is 31.8 Å². The fraction of sp³-hybridized carbons (Fsp3) is 0.875. The summed E-state index contributed by atoms with van der Waals surface area (Å²) in [7, 11) is -1.97. The van der Waals surface area contributed by atoms with Crippen LogP contribution in [0.5, 0.6) is 0 Å². The number of ketones is 1. The lowest BCUT2D eigenvalue weighted by atomic mass is 10.1. The summed E-state index contributed by atoms with van der Waals surface area (Å²) in [4.78, 5) is 19.2. The number of methoxy groups -OCH3 is 1. The molecular weight excluding hydrogens is 245 g/mol. The number of Topliss-reactive ketones (excluding diaryl/α,β-unsaturated/α-hetero) is 1. The van der Waals surface area contributed by atoms with E-state index >= 15 is 0 Å². The largest absolute Gasteiger partial charge is 0.382 e. The van der Waals surface area contributed by atoms with Gasteiger partial charge in [-0.3, -0.25) is 9.36 Å².